The molecule has 1 fully saturated rings. The van der Waals surface area contributed by atoms with Crippen molar-refractivity contribution in [3.8, 4) is 0 Å². The molecular formula is C10H12BrClN2O3. The largest absolute Gasteiger partial charge is 0.377 e. The number of halogens is 2. The summed E-state index contributed by atoms with van der Waals surface area (Å²) in [6.07, 6.45) is 0. The van der Waals surface area contributed by atoms with Gasteiger partial charge in [-0.1, -0.05) is 27.5 Å². The fourth-order valence-corrected chi connectivity index (χ4v) is 1.36. The van der Waals surface area contributed by atoms with Crippen LogP contribution < -0.4 is 0 Å². The maximum Gasteiger partial charge on any atom is 0.193 e. The number of rotatable bonds is 2. The highest BCUT2D eigenvalue weighted by atomic mass is 79.9. The molecule has 17 heavy (non-hydrogen) atoms. The van der Waals surface area contributed by atoms with Gasteiger partial charge in [-0.15, -0.1) is 10.2 Å². The van der Waals surface area contributed by atoms with E-state index in [0.29, 0.717) is 5.69 Å². The molecule has 0 amide bonds. The van der Waals surface area contributed by atoms with Crippen LogP contribution in [-0.2, 0) is 9.47 Å². The molecule has 7 heteroatoms. The molecule has 5 nitrogen and oxygen atoms in total. The molecule has 1 aromatic rings. The van der Waals surface area contributed by atoms with Crippen molar-refractivity contribution in [2.45, 2.75) is 0 Å². The van der Waals surface area contributed by atoms with E-state index in [-0.39, 0.29) is 16.3 Å². The van der Waals surface area contributed by atoms with E-state index < -0.39 is 0 Å². The molecule has 2 rings (SSSR count). The number of carbonyl (C=O) groups excluding carboxylic acids is 1. The van der Waals surface area contributed by atoms with E-state index in [9.17, 15) is 4.79 Å². The van der Waals surface area contributed by atoms with Crippen LogP contribution >= 0.6 is 27.5 Å². The minimum Gasteiger partial charge on any atom is -0.377 e. The fourth-order valence-electron chi connectivity index (χ4n) is 0.973. The summed E-state index contributed by atoms with van der Waals surface area (Å²) in [6.45, 7) is 3.11. The highest BCUT2D eigenvalue weighted by Crippen LogP contribution is 2.03. The monoisotopic (exact) mass is 322 g/mol. The lowest BCUT2D eigenvalue weighted by atomic mass is 10.3. The predicted octanol–water partition coefficient (Wildman–Crippen LogP) is 1.74. The molecule has 1 aliphatic heterocycles. The quantitative estimate of drug-likeness (QED) is 0.613. The molecule has 1 aliphatic rings. The van der Waals surface area contributed by atoms with Crippen molar-refractivity contribution in [1.29, 1.82) is 0 Å². The Morgan fingerprint density at radius 3 is 2.18 bits per heavy atom. The zero-order chi connectivity index (χ0) is 12.5. The van der Waals surface area contributed by atoms with Gasteiger partial charge in [-0.3, -0.25) is 4.79 Å². The number of aromatic nitrogens is 2. The van der Waals surface area contributed by atoms with Crippen LogP contribution in [0.2, 0.25) is 5.15 Å². The Balaban J connectivity index is 0.000000202. The third kappa shape index (κ3) is 6.07. The number of hydrogen-bond donors (Lipinski definition) is 0. The first-order valence-electron chi connectivity index (χ1n) is 4.98. The highest BCUT2D eigenvalue weighted by molar-refractivity contribution is 9.09. The van der Waals surface area contributed by atoms with Gasteiger partial charge in [0.1, 0.15) is 5.69 Å². The maximum atomic E-state index is 10.9. The summed E-state index contributed by atoms with van der Waals surface area (Å²) in [5, 5.41) is 7.65. The molecule has 94 valence electrons. The standard InChI is InChI=1S/C6H4BrClN2O.C4H8O2/c7-3-5(11)4-1-2-6(8)10-9-4;1-2-6-4-3-5-1/h1-2H,3H2;1-4H2. The van der Waals surface area contributed by atoms with E-state index in [4.69, 9.17) is 21.1 Å². The first kappa shape index (κ1) is 14.5. The van der Waals surface area contributed by atoms with Crippen LogP contribution in [0.1, 0.15) is 10.5 Å². The van der Waals surface area contributed by atoms with Gasteiger partial charge in [0.05, 0.1) is 31.8 Å². The molecule has 2 heterocycles. The van der Waals surface area contributed by atoms with Crippen molar-refractivity contribution in [3.05, 3.63) is 23.0 Å². The van der Waals surface area contributed by atoms with E-state index in [0.717, 1.165) is 26.4 Å². The molecule has 0 aliphatic carbocycles. The Morgan fingerprint density at radius 1 is 1.24 bits per heavy atom. The second kappa shape index (κ2) is 8.52. The third-order valence-corrected chi connectivity index (χ3v) is 2.49. The van der Waals surface area contributed by atoms with E-state index in [1.54, 1.807) is 6.07 Å². The summed E-state index contributed by atoms with van der Waals surface area (Å²) in [5.41, 5.74) is 0.325. The van der Waals surface area contributed by atoms with Gasteiger partial charge >= 0.3 is 0 Å². The van der Waals surface area contributed by atoms with Gasteiger partial charge in [-0.2, -0.15) is 0 Å². The zero-order valence-corrected chi connectivity index (χ0v) is 11.4. The van der Waals surface area contributed by atoms with Crippen LogP contribution in [0.3, 0.4) is 0 Å². The van der Waals surface area contributed by atoms with E-state index >= 15 is 0 Å². The molecule has 0 bridgehead atoms. The minimum atomic E-state index is -0.103. The van der Waals surface area contributed by atoms with Gasteiger partial charge in [-0.25, -0.2) is 0 Å². The lowest BCUT2D eigenvalue weighted by molar-refractivity contribution is -0.0334. The van der Waals surface area contributed by atoms with Crippen LogP contribution in [0.15, 0.2) is 12.1 Å². The zero-order valence-electron chi connectivity index (χ0n) is 9.07. The first-order valence-corrected chi connectivity index (χ1v) is 6.48. The van der Waals surface area contributed by atoms with Gasteiger partial charge in [0.2, 0.25) is 0 Å². The van der Waals surface area contributed by atoms with Crippen molar-refractivity contribution in [3.63, 3.8) is 0 Å². The van der Waals surface area contributed by atoms with Gasteiger partial charge in [-0.05, 0) is 12.1 Å². The van der Waals surface area contributed by atoms with Crippen molar-refractivity contribution in [2.75, 3.05) is 31.8 Å². The van der Waals surface area contributed by atoms with Crippen LogP contribution in [-0.4, -0.2) is 47.7 Å². The SMILES string of the molecule is C1COCCO1.O=C(CBr)c1ccc(Cl)nn1. The van der Waals surface area contributed by atoms with Gasteiger partial charge in [0, 0.05) is 0 Å². The fraction of sp³-hybridized carbons (Fsp3) is 0.500. The van der Waals surface area contributed by atoms with Gasteiger partial charge in [0.15, 0.2) is 10.9 Å². The number of hydrogen-bond acceptors (Lipinski definition) is 5. The lowest BCUT2D eigenvalue weighted by Gasteiger charge is -2.09. The maximum absolute atomic E-state index is 10.9. The second-order valence-electron chi connectivity index (χ2n) is 3.02. The van der Waals surface area contributed by atoms with Crippen molar-refractivity contribution < 1.29 is 14.3 Å². The third-order valence-electron chi connectivity index (χ3n) is 1.78. The average molecular weight is 324 g/mol. The number of ketones is 1. The Hall–Kier alpha value is -0.560. The van der Waals surface area contributed by atoms with Crippen LogP contribution in [0.4, 0.5) is 0 Å². The lowest BCUT2D eigenvalue weighted by Crippen LogP contribution is -2.16. The summed E-state index contributed by atoms with van der Waals surface area (Å²) in [5.74, 6) is -0.103. The van der Waals surface area contributed by atoms with Gasteiger partial charge in [0.25, 0.3) is 0 Å². The van der Waals surface area contributed by atoms with Crippen molar-refractivity contribution in [1.82, 2.24) is 10.2 Å². The molecule has 0 saturated carbocycles. The second-order valence-corrected chi connectivity index (χ2v) is 3.97. The van der Waals surface area contributed by atoms with E-state index in [1.165, 1.54) is 6.07 Å². The van der Waals surface area contributed by atoms with Crippen LogP contribution in [0.25, 0.3) is 0 Å². The molecule has 0 N–H and O–H groups in total. The molecule has 0 aromatic carbocycles. The Kier molecular flexibility index (Phi) is 7.27. The van der Waals surface area contributed by atoms with Crippen LogP contribution in [0, 0.1) is 0 Å². The minimum absolute atomic E-state index is 0.103. The summed E-state index contributed by atoms with van der Waals surface area (Å²) in [6, 6.07) is 3.07. The number of nitrogens with zero attached hydrogens (tertiary/aromatic N) is 2. The molecule has 0 atom stereocenters. The highest BCUT2D eigenvalue weighted by Gasteiger charge is 2.04. The molecule has 0 radical (unpaired) electrons. The number of carbonyl (C=O) groups is 1. The summed E-state index contributed by atoms with van der Waals surface area (Å²) in [7, 11) is 0. The van der Waals surface area contributed by atoms with Crippen LogP contribution in [0.5, 0.6) is 0 Å². The molecular weight excluding hydrogens is 311 g/mol. The molecule has 0 spiro atoms. The van der Waals surface area contributed by atoms with Crippen molar-refractivity contribution >= 4 is 33.3 Å². The summed E-state index contributed by atoms with van der Waals surface area (Å²) >= 11 is 8.48. The topological polar surface area (TPSA) is 61.3 Å². The Labute approximate surface area is 113 Å². The molecule has 1 saturated heterocycles. The summed E-state index contributed by atoms with van der Waals surface area (Å²) < 4.78 is 9.89. The summed E-state index contributed by atoms with van der Waals surface area (Å²) in [4.78, 5) is 10.9. The number of alkyl halides is 1. The Bertz CT molecular complexity index is 332. The normalized spacial score (nSPS) is 14.7. The molecule has 0 unspecified atom stereocenters. The van der Waals surface area contributed by atoms with E-state index in [1.807, 2.05) is 0 Å². The number of Topliss-reactive ketones (excluding diaryl/α,β-unsaturated/α-hetero) is 1. The van der Waals surface area contributed by atoms with Gasteiger partial charge < -0.3 is 9.47 Å². The number of ether oxygens (including phenoxy) is 2. The molecule has 1 aromatic heterocycles. The first-order chi connectivity index (χ1) is 8.24. The Morgan fingerprint density at radius 2 is 1.82 bits per heavy atom. The smallest absolute Gasteiger partial charge is 0.193 e. The average Bonchev–Trinajstić information content (AvgIpc) is 2.41. The van der Waals surface area contributed by atoms with Crippen molar-refractivity contribution in [2.24, 2.45) is 0 Å². The van der Waals surface area contributed by atoms with E-state index in [2.05, 4.69) is 26.1 Å². The predicted molar refractivity (Wildman–Crippen MR) is 66.8 cm³/mol.